The van der Waals surface area contributed by atoms with Gasteiger partial charge < -0.3 is 4.98 Å². The van der Waals surface area contributed by atoms with Gasteiger partial charge >= 0.3 is 0 Å². The normalized spacial score (nSPS) is 14.5. The van der Waals surface area contributed by atoms with E-state index in [-0.39, 0.29) is 5.56 Å². The number of hydrogen-bond acceptors (Lipinski definition) is 5. The van der Waals surface area contributed by atoms with Gasteiger partial charge in [-0.05, 0) is 18.2 Å². The highest BCUT2D eigenvalue weighted by Crippen LogP contribution is 2.19. The van der Waals surface area contributed by atoms with Crippen LogP contribution in [-0.4, -0.2) is 36.2 Å². The van der Waals surface area contributed by atoms with E-state index >= 15 is 0 Å². The first kappa shape index (κ1) is 14.8. The fourth-order valence-electron chi connectivity index (χ4n) is 3.04. The quantitative estimate of drug-likeness (QED) is 0.782. The molecular formula is C17H18N6O. The van der Waals surface area contributed by atoms with Crippen LogP contribution in [0.2, 0.25) is 0 Å². The highest BCUT2D eigenvalue weighted by atomic mass is 16.1. The molecule has 122 valence electrons. The summed E-state index contributed by atoms with van der Waals surface area (Å²) in [5.41, 5.74) is 3.55. The molecule has 0 unspecified atom stereocenters. The lowest BCUT2D eigenvalue weighted by atomic mass is 10.1. The summed E-state index contributed by atoms with van der Waals surface area (Å²) in [7, 11) is 1.93. The molecule has 7 heteroatoms. The Bertz CT molecular complexity index is 914. The summed E-state index contributed by atoms with van der Waals surface area (Å²) in [5, 5.41) is 4.19. The molecule has 7 nitrogen and oxygen atoms in total. The van der Waals surface area contributed by atoms with Crippen molar-refractivity contribution in [1.29, 1.82) is 0 Å². The standard InChI is InChI=1S/C17H18N6O/c1-22-13(4-7-19-22)10-23-8-5-15-14(11-23)17(24)21-16(20-15)12-3-2-6-18-9-12/h2-4,6-7,9H,5,8,10-11H2,1H3,(H,20,21,24). The van der Waals surface area contributed by atoms with Crippen LogP contribution < -0.4 is 5.56 Å². The number of rotatable bonds is 3. The van der Waals surface area contributed by atoms with Gasteiger partial charge in [-0.15, -0.1) is 0 Å². The van der Waals surface area contributed by atoms with E-state index in [0.29, 0.717) is 12.4 Å². The van der Waals surface area contributed by atoms with Crippen molar-refractivity contribution in [1.82, 2.24) is 29.6 Å². The third kappa shape index (κ3) is 2.74. The van der Waals surface area contributed by atoms with Gasteiger partial charge in [-0.3, -0.25) is 19.4 Å². The Morgan fingerprint density at radius 3 is 2.96 bits per heavy atom. The molecule has 0 fully saturated rings. The van der Waals surface area contributed by atoms with Gasteiger partial charge in [0.25, 0.3) is 5.56 Å². The van der Waals surface area contributed by atoms with Crippen LogP contribution in [0.3, 0.4) is 0 Å². The number of nitrogens with zero attached hydrogens (tertiary/aromatic N) is 5. The van der Waals surface area contributed by atoms with Crippen molar-refractivity contribution in [3.63, 3.8) is 0 Å². The topological polar surface area (TPSA) is 79.7 Å². The molecule has 0 spiro atoms. The van der Waals surface area contributed by atoms with Crippen molar-refractivity contribution >= 4 is 0 Å². The van der Waals surface area contributed by atoms with Crippen LogP contribution in [-0.2, 0) is 26.6 Å². The van der Waals surface area contributed by atoms with Crippen LogP contribution in [0.25, 0.3) is 11.4 Å². The Kier molecular flexibility index (Phi) is 3.70. The molecule has 0 bridgehead atoms. The molecule has 1 aliphatic heterocycles. The minimum atomic E-state index is -0.0615. The maximum Gasteiger partial charge on any atom is 0.255 e. The molecule has 0 atom stereocenters. The summed E-state index contributed by atoms with van der Waals surface area (Å²) in [4.78, 5) is 26.4. The summed E-state index contributed by atoms with van der Waals surface area (Å²) in [6.07, 6.45) is 5.98. The zero-order chi connectivity index (χ0) is 16.5. The minimum Gasteiger partial charge on any atom is -0.306 e. The molecule has 1 aliphatic rings. The summed E-state index contributed by atoms with van der Waals surface area (Å²) < 4.78 is 1.86. The maximum absolute atomic E-state index is 12.5. The van der Waals surface area contributed by atoms with Crippen molar-refractivity contribution in [3.05, 3.63) is 64.1 Å². The Labute approximate surface area is 139 Å². The molecule has 4 rings (SSSR count). The lowest BCUT2D eigenvalue weighted by Crippen LogP contribution is -2.35. The number of aromatic amines is 1. The molecule has 24 heavy (non-hydrogen) atoms. The van der Waals surface area contributed by atoms with E-state index in [1.165, 1.54) is 0 Å². The van der Waals surface area contributed by atoms with Crippen LogP contribution in [0.4, 0.5) is 0 Å². The van der Waals surface area contributed by atoms with Crippen LogP contribution in [0, 0.1) is 0 Å². The van der Waals surface area contributed by atoms with Gasteiger partial charge in [0.05, 0.1) is 17.0 Å². The first-order valence-corrected chi connectivity index (χ1v) is 7.92. The monoisotopic (exact) mass is 322 g/mol. The SMILES string of the molecule is Cn1nccc1CN1CCc2nc(-c3cccnc3)[nH]c(=O)c2C1. The second-order valence-corrected chi connectivity index (χ2v) is 5.99. The van der Waals surface area contributed by atoms with Crippen molar-refractivity contribution in [2.75, 3.05) is 6.54 Å². The molecule has 0 saturated carbocycles. The largest absolute Gasteiger partial charge is 0.306 e. The molecule has 0 radical (unpaired) electrons. The van der Waals surface area contributed by atoms with E-state index in [9.17, 15) is 4.79 Å². The predicted molar refractivity (Wildman–Crippen MR) is 89.1 cm³/mol. The van der Waals surface area contributed by atoms with E-state index < -0.39 is 0 Å². The highest BCUT2D eigenvalue weighted by molar-refractivity contribution is 5.53. The Morgan fingerprint density at radius 2 is 2.21 bits per heavy atom. The second-order valence-electron chi connectivity index (χ2n) is 5.99. The minimum absolute atomic E-state index is 0.0615. The molecule has 0 aliphatic carbocycles. The van der Waals surface area contributed by atoms with Crippen LogP contribution in [0.15, 0.2) is 41.6 Å². The van der Waals surface area contributed by atoms with Gasteiger partial charge in [-0.25, -0.2) is 4.98 Å². The molecule has 1 N–H and O–H groups in total. The van der Waals surface area contributed by atoms with E-state index in [0.717, 1.165) is 42.0 Å². The van der Waals surface area contributed by atoms with Gasteiger partial charge in [0, 0.05) is 57.3 Å². The summed E-state index contributed by atoms with van der Waals surface area (Å²) in [6, 6.07) is 5.74. The van der Waals surface area contributed by atoms with Crippen LogP contribution in [0.5, 0.6) is 0 Å². The fourth-order valence-corrected chi connectivity index (χ4v) is 3.04. The third-order valence-electron chi connectivity index (χ3n) is 4.39. The van der Waals surface area contributed by atoms with Crippen molar-refractivity contribution in [2.24, 2.45) is 7.05 Å². The van der Waals surface area contributed by atoms with Crippen molar-refractivity contribution in [2.45, 2.75) is 19.5 Å². The maximum atomic E-state index is 12.5. The predicted octanol–water partition coefficient (Wildman–Crippen LogP) is 1.12. The van der Waals surface area contributed by atoms with Crippen molar-refractivity contribution < 1.29 is 0 Å². The van der Waals surface area contributed by atoms with E-state index in [4.69, 9.17) is 0 Å². The fraction of sp³-hybridized carbons (Fsp3) is 0.294. The molecule has 0 saturated heterocycles. The number of hydrogen-bond donors (Lipinski definition) is 1. The zero-order valence-corrected chi connectivity index (χ0v) is 13.4. The number of fused-ring (bicyclic) bond motifs is 1. The van der Waals surface area contributed by atoms with Crippen LogP contribution >= 0.6 is 0 Å². The van der Waals surface area contributed by atoms with Crippen molar-refractivity contribution in [3.8, 4) is 11.4 Å². The Morgan fingerprint density at radius 1 is 1.29 bits per heavy atom. The smallest absolute Gasteiger partial charge is 0.255 e. The van der Waals surface area contributed by atoms with Gasteiger partial charge in [-0.2, -0.15) is 5.10 Å². The first-order valence-electron chi connectivity index (χ1n) is 7.92. The Hall–Kier alpha value is -2.80. The number of nitrogens with one attached hydrogen (secondary N) is 1. The lowest BCUT2D eigenvalue weighted by molar-refractivity contribution is 0.235. The number of aryl methyl sites for hydroxylation is 1. The zero-order valence-electron chi connectivity index (χ0n) is 13.4. The molecule has 0 amide bonds. The van der Waals surface area contributed by atoms with Gasteiger partial charge in [0.15, 0.2) is 0 Å². The molecule has 4 heterocycles. The highest BCUT2D eigenvalue weighted by Gasteiger charge is 2.22. The summed E-state index contributed by atoms with van der Waals surface area (Å²) in [5.74, 6) is 0.590. The van der Waals surface area contributed by atoms with E-state index in [1.807, 2.05) is 29.9 Å². The average Bonchev–Trinajstić information content (AvgIpc) is 3.01. The summed E-state index contributed by atoms with van der Waals surface area (Å²) in [6.45, 7) is 2.26. The average molecular weight is 322 g/mol. The second kappa shape index (κ2) is 6.01. The molecular weight excluding hydrogens is 304 g/mol. The third-order valence-corrected chi connectivity index (χ3v) is 4.39. The van der Waals surface area contributed by atoms with E-state index in [1.54, 1.807) is 18.6 Å². The number of aromatic nitrogens is 5. The summed E-state index contributed by atoms with van der Waals surface area (Å²) >= 11 is 0. The molecule has 3 aromatic rings. The van der Waals surface area contributed by atoms with E-state index in [2.05, 4.69) is 25.0 Å². The number of pyridine rings is 1. The van der Waals surface area contributed by atoms with Gasteiger partial charge in [0.2, 0.25) is 0 Å². The lowest BCUT2D eigenvalue weighted by Gasteiger charge is -2.27. The van der Waals surface area contributed by atoms with Gasteiger partial charge in [0.1, 0.15) is 5.82 Å². The molecule has 3 aromatic heterocycles. The van der Waals surface area contributed by atoms with Gasteiger partial charge in [-0.1, -0.05) is 0 Å². The first-order chi connectivity index (χ1) is 11.7. The van der Waals surface area contributed by atoms with Crippen LogP contribution in [0.1, 0.15) is 17.0 Å². The Balaban J connectivity index is 1.61. The number of H-pyrrole nitrogens is 1. The molecule has 0 aromatic carbocycles.